The molecule has 1 aromatic rings. The fraction of sp³-hybridized carbons (Fsp3) is 0.455. The Morgan fingerprint density at radius 2 is 2.12 bits per heavy atom. The fourth-order valence-electron chi connectivity index (χ4n) is 1.96. The van der Waals surface area contributed by atoms with Gasteiger partial charge in [0.25, 0.3) is 0 Å². The van der Waals surface area contributed by atoms with Gasteiger partial charge in [-0.05, 0) is 35.8 Å². The van der Waals surface area contributed by atoms with Crippen molar-refractivity contribution >= 4 is 16.9 Å². The first-order valence-corrected chi connectivity index (χ1v) is 5.90. The average Bonchev–Trinajstić information content (AvgIpc) is 2.84. The van der Waals surface area contributed by atoms with Gasteiger partial charge in [0.1, 0.15) is 4.88 Å². The standard InChI is InChI=1S/C11H11F3OS/c12-11(13,14)10-8(5-15)9(6-16-10)7-3-1-2-4-7/h3,6,15H,1-2,4-5H2. The second-order valence-electron chi connectivity index (χ2n) is 3.73. The molecule has 0 spiro atoms. The first kappa shape index (κ1) is 11.7. The van der Waals surface area contributed by atoms with Gasteiger partial charge in [0.05, 0.1) is 6.61 Å². The van der Waals surface area contributed by atoms with Gasteiger partial charge in [-0.3, -0.25) is 0 Å². The van der Waals surface area contributed by atoms with Gasteiger partial charge in [0, 0.05) is 5.56 Å². The summed E-state index contributed by atoms with van der Waals surface area (Å²) < 4.78 is 37.8. The van der Waals surface area contributed by atoms with E-state index in [1.165, 1.54) is 5.38 Å². The van der Waals surface area contributed by atoms with Crippen molar-refractivity contribution in [1.29, 1.82) is 0 Å². The van der Waals surface area contributed by atoms with Crippen LogP contribution in [-0.4, -0.2) is 5.11 Å². The number of halogens is 3. The number of aliphatic hydroxyl groups is 1. The maximum atomic E-state index is 12.6. The van der Waals surface area contributed by atoms with Crippen LogP contribution < -0.4 is 0 Å². The van der Waals surface area contributed by atoms with E-state index in [9.17, 15) is 13.2 Å². The molecule has 0 aromatic carbocycles. The summed E-state index contributed by atoms with van der Waals surface area (Å²) >= 11 is 0.669. The molecule has 0 unspecified atom stereocenters. The molecule has 1 aliphatic rings. The van der Waals surface area contributed by atoms with Gasteiger partial charge in [0.15, 0.2) is 0 Å². The first-order chi connectivity index (χ1) is 7.54. The Morgan fingerprint density at radius 1 is 1.38 bits per heavy atom. The van der Waals surface area contributed by atoms with E-state index in [4.69, 9.17) is 5.11 Å². The number of allylic oxidation sites excluding steroid dienone is 2. The molecule has 1 N–H and O–H groups in total. The number of alkyl halides is 3. The SMILES string of the molecule is OCc1c(C2=CCCC2)csc1C(F)(F)F. The zero-order chi connectivity index (χ0) is 11.8. The van der Waals surface area contributed by atoms with Crippen molar-refractivity contribution in [1.82, 2.24) is 0 Å². The zero-order valence-electron chi connectivity index (χ0n) is 8.47. The van der Waals surface area contributed by atoms with Crippen molar-refractivity contribution in [2.24, 2.45) is 0 Å². The van der Waals surface area contributed by atoms with Gasteiger partial charge >= 0.3 is 6.18 Å². The first-order valence-electron chi connectivity index (χ1n) is 5.02. The van der Waals surface area contributed by atoms with Crippen molar-refractivity contribution in [3.63, 3.8) is 0 Å². The Hall–Kier alpha value is -0.810. The van der Waals surface area contributed by atoms with Crippen LogP contribution in [-0.2, 0) is 12.8 Å². The van der Waals surface area contributed by atoms with Crippen LogP contribution in [0.2, 0.25) is 0 Å². The molecule has 0 amide bonds. The summed E-state index contributed by atoms with van der Waals surface area (Å²) in [5.41, 5.74) is 1.55. The van der Waals surface area contributed by atoms with Crippen molar-refractivity contribution in [3.05, 3.63) is 27.5 Å². The van der Waals surface area contributed by atoms with E-state index in [0.717, 1.165) is 24.8 Å². The molecule has 1 aromatic heterocycles. The molecule has 1 aliphatic carbocycles. The second-order valence-corrected chi connectivity index (χ2v) is 4.61. The third-order valence-corrected chi connectivity index (χ3v) is 3.76. The summed E-state index contributed by atoms with van der Waals surface area (Å²) in [4.78, 5) is -0.669. The molecule has 0 bridgehead atoms. The monoisotopic (exact) mass is 248 g/mol. The molecule has 16 heavy (non-hydrogen) atoms. The van der Waals surface area contributed by atoms with Gasteiger partial charge in [-0.1, -0.05) is 6.08 Å². The number of rotatable bonds is 2. The van der Waals surface area contributed by atoms with E-state index >= 15 is 0 Å². The number of thiophene rings is 1. The molecule has 0 saturated heterocycles. The summed E-state index contributed by atoms with van der Waals surface area (Å²) in [6.07, 6.45) is 0.303. The Balaban J connectivity index is 2.44. The molecule has 1 nitrogen and oxygen atoms in total. The average molecular weight is 248 g/mol. The van der Waals surface area contributed by atoms with Crippen LogP contribution in [0.1, 0.15) is 35.3 Å². The second kappa shape index (κ2) is 4.22. The van der Waals surface area contributed by atoms with E-state index in [-0.39, 0.29) is 5.56 Å². The number of hydrogen-bond donors (Lipinski definition) is 1. The van der Waals surface area contributed by atoms with E-state index in [0.29, 0.717) is 16.9 Å². The van der Waals surface area contributed by atoms with Crippen LogP contribution >= 0.6 is 11.3 Å². The van der Waals surface area contributed by atoms with Gasteiger partial charge in [-0.25, -0.2) is 0 Å². The Kier molecular flexibility index (Phi) is 3.08. The Morgan fingerprint density at radius 3 is 2.62 bits per heavy atom. The Bertz CT molecular complexity index is 417. The van der Waals surface area contributed by atoms with E-state index in [1.807, 2.05) is 6.08 Å². The lowest BCUT2D eigenvalue weighted by Gasteiger charge is -2.08. The molecule has 88 valence electrons. The smallest absolute Gasteiger partial charge is 0.392 e. The van der Waals surface area contributed by atoms with Gasteiger partial charge in [-0.2, -0.15) is 13.2 Å². The van der Waals surface area contributed by atoms with Crippen LogP contribution in [0.25, 0.3) is 5.57 Å². The highest BCUT2D eigenvalue weighted by Gasteiger charge is 2.36. The molecule has 0 saturated carbocycles. The highest BCUT2D eigenvalue weighted by Crippen LogP contribution is 2.42. The maximum absolute atomic E-state index is 12.6. The zero-order valence-corrected chi connectivity index (χ0v) is 9.29. The summed E-state index contributed by atoms with van der Waals surface area (Å²) in [6, 6.07) is 0. The number of aliphatic hydroxyl groups excluding tert-OH is 1. The quantitative estimate of drug-likeness (QED) is 0.843. The van der Waals surface area contributed by atoms with Gasteiger partial charge < -0.3 is 5.11 Å². The highest BCUT2D eigenvalue weighted by molar-refractivity contribution is 7.10. The van der Waals surface area contributed by atoms with Crippen LogP contribution in [0.15, 0.2) is 11.5 Å². The molecule has 2 rings (SSSR count). The highest BCUT2D eigenvalue weighted by atomic mass is 32.1. The molecule has 0 atom stereocenters. The summed E-state index contributed by atoms with van der Waals surface area (Å²) in [5, 5.41) is 10.6. The normalized spacial score (nSPS) is 16.6. The van der Waals surface area contributed by atoms with Crippen LogP contribution in [0.5, 0.6) is 0 Å². The van der Waals surface area contributed by atoms with Crippen LogP contribution in [0.3, 0.4) is 0 Å². The fourth-order valence-corrected chi connectivity index (χ4v) is 2.94. The van der Waals surface area contributed by atoms with Gasteiger partial charge in [-0.15, -0.1) is 11.3 Å². The summed E-state index contributed by atoms with van der Waals surface area (Å²) in [7, 11) is 0. The minimum atomic E-state index is -4.36. The molecule has 1 heterocycles. The predicted molar refractivity (Wildman–Crippen MR) is 57.1 cm³/mol. The van der Waals surface area contributed by atoms with Crippen molar-refractivity contribution in [3.8, 4) is 0 Å². The molecular weight excluding hydrogens is 237 g/mol. The lowest BCUT2D eigenvalue weighted by atomic mass is 10.0. The maximum Gasteiger partial charge on any atom is 0.425 e. The van der Waals surface area contributed by atoms with E-state index < -0.39 is 17.7 Å². The number of hydrogen-bond acceptors (Lipinski definition) is 2. The van der Waals surface area contributed by atoms with Crippen molar-refractivity contribution in [2.45, 2.75) is 32.0 Å². The van der Waals surface area contributed by atoms with E-state index in [2.05, 4.69) is 0 Å². The van der Waals surface area contributed by atoms with E-state index in [1.54, 1.807) is 0 Å². The largest absolute Gasteiger partial charge is 0.425 e. The van der Waals surface area contributed by atoms with Crippen molar-refractivity contribution < 1.29 is 18.3 Å². The minimum absolute atomic E-state index is 0.0330. The lowest BCUT2D eigenvalue weighted by Crippen LogP contribution is -2.06. The van der Waals surface area contributed by atoms with Crippen LogP contribution in [0.4, 0.5) is 13.2 Å². The lowest BCUT2D eigenvalue weighted by molar-refractivity contribution is -0.135. The van der Waals surface area contributed by atoms with Gasteiger partial charge in [0.2, 0.25) is 0 Å². The van der Waals surface area contributed by atoms with Crippen LogP contribution in [0, 0.1) is 0 Å². The third-order valence-electron chi connectivity index (χ3n) is 2.70. The Labute approximate surface area is 95.2 Å². The summed E-state index contributed by atoms with van der Waals surface area (Å²) in [6.45, 7) is -0.551. The minimum Gasteiger partial charge on any atom is -0.392 e. The van der Waals surface area contributed by atoms with Crippen molar-refractivity contribution in [2.75, 3.05) is 0 Å². The molecular formula is C11H11F3OS. The predicted octanol–water partition coefficient (Wildman–Crippen LogP) is 3.83. The molecule has 0 fully saturated rings. The topological polar surface area (TPSA) is 20.2 Å². The third kappa shape index (κ3) is 2.01. The summed E-state index contributed by atoms with van der Waals surface area (Å²) in [5.74, 6) is 0. The molecule has 5 heteroatoms. The molecule has 0 aliphatic heterocycles. The molecule has 0 radical (unpaired) electrons.